The number of amides is 1. The van der Waals surface area contributed by atoms with Crippen LogP contribution in [0.5, 0.6) is 5.75 Å². The van der Waals surface area contributed by atoms with Gasteiger partial charge in [0, 0.05) is 24.7 Å². The Morgan fingerprint density at radius 2 is 2.07 bits per heavy atom. The molecule has 1 aromatic carbocycles. The van der Waals surface area contributed by atoms with E-state index in [2.05, 4.69) is 25.1 Å². The van der Waals surface area contributed by atoms with Crippen LogP contribution in [-0.2, 0) is 7.05 Å². The van der Waals surface area contributed by atoms with Crippen molar-refractivity contribution in [1.29, 1.82) is 0 Å². The maximum Gasteiger partial charge on any atom is 0.573 e. The fraction of sp³-hybridized carbons (Fsp3) is 0.176. The van der Waals surface area contributed by atoms with Gasteiger partial charge < -0.3 is 4.74 Å². The number of anilines is 1. The van der Waals surface area contributed by atoms with Gasteiger partial charge in [0.25, 0.3) is 5.91 Å². The number of thiazole rings is 1. The Bertz CT molecular complexity index is 1210. The van der Waals surface area contributed by atoms with Crippen molar-refractivity contribution >= 4 is 43.6 Å². The van der Waals surface area contributed by atoms with Crippen LogP contribution in [0.3, 0.4) is 0 Å². The molecule has 3 heterocycles. The second-order valence-corrected chi connectivity index (χ2v) is 6.99. The number of carbonyl (C=O) groups excluding carboxylic acids is 1. The second-order valence-electron chi connectivity index (χ2n) is 5.95. The van der Waals surface area contributed by atoms with E-state index in [0.29, 0.717) is 21.4 Å². The third kappa shape index (κ3) is 3.48. The van der Waals surface area contributed by atoms with Crippen molar-refractivity contribution in [2.45, 2.75) is 13.3 Å². The Morgan fingerprint density at radius 3 is 2.82 bits per heavy atom. The molecule has 0 saturated heterocycles. The summed E-state index contributed by atoms with van der Waals surface area (Å²) >= 11 is 1.04. The lowest BCUT2D eigenvalue weighted by Gasteiger charge is -2.07. The molecule has 11 heteroatoms. The Kier molecular flexibility index (Phi) is 4.18. The average Bonchev–Trinajstić information content (AvgIpc) is 3.13. The van der Waals surface area contributed by atoms with E-state index in [1.165, 1.54) is 24.4 Å². The van der Waals surface area contributed by atoms with Crippen LogP contribution >= 0.6 is 11.3 Å². The Morgan fingerprint density at radius 1 is 1.29 bits per heavy atom. The van der Waals surface area contributed by atoms with Gasteiger partial charge in [0.15, 0.2) is 10.8 Å². The highest BCUT2D eigenvalue weighted by atomic mass is 32.1. The molecule has 0 atom stereocenters. The van der Waals surface area contributed by atoms with E-state index in [0.717, 1.165) is 22.4 Å². The average molecular weight is 407 g/mol. The molecule has 0 radical (unpaired) electrons. The summed E-state index contributed by atoms with van der Waals surface area (Å²) in [5.41, 5.74) is 2.18. The van der Waals surface area contributed by atoms with E-state index in [9.17, 15) is 18.0 Å². The molecule has 28 heavy (non-hydrogen) atoms. The van der Waals surface area contributed by atoms with Gasteiger partial charge in [0.1, 0.15) is 5.75 Å². The fourth-order valence-electron chi connectivity index (χ4n) is 2.76. The molecule has 144 valence electrons. The second kappa shape index (κ2) is 6.44. The summed E-state index contributed by atoms with van der Waals surface area (Å²) in [6.07, 6.45) is -3.34. The molecule has 0 aliphatic heterocycles. The van der Waals surface area contributed by atoms with Gasteiger partial charge in [0.2, 0.25) is 0 Å². The molecule has 0 bridgehead atoms. The standard InChI is InChI=1S/C17H12F3N5O2S/c1-8-11-5-9(7-21-14(11)25(2)24-8)15(26)23-16-22-12-4-3-10(6-13(12)28-16)27-17(18,19)20/h3-7H,1-2H3,(H,22,23,26). The number of benzene rings is 1. The summed E-state index contributed by atoms with van der Waals surface area (Å²) in [6.45, 7) is 1.82. The number of hydrogen-bond acceptors (Lipinski definition) is 6. The van der Waals surface area contributed by atoms with Gasteiger partial charge >= 0.3 is 6.36 Å². The van der Waals surface area contributed by atoms with Gasteiger partial charge in [-0.2, -0.15) is 5.10 Å². The lowest BCUT2D eigenvalue weighted by atomic mass is 10.2. The van der Waals surface area contributed by atoms with Gasteiger partial charge in [0.05, 0.1) is 21.5 Å². The number of aromatic nitrogens is 4. The summed E-state index contributed by atoms with van der Waals surface area (Å²) in [6, 6.07) is 5.48. The van der Waals surface area contributed by atoms with E-state index in [-0.39, 0.29) is 10.9 Å². The first kappa shape index (κ1) is 18.2. The van der Waals surface area contributed by atoms with Crippen molar-refractivity contribution in [3.05, 3.63) is 41.7 Å². The van der Waals surface area contributed by atoms with Gasteiger partial charge in [-0.3, -0.25) is 14.8 Å². The van der Waals surface area contributed by atoms with Gasteiger partial charge in [-0.05, 0) is 25.1 Å². The third-order valence-corrected chi connectivity index (χ3v) is 4.87. The fourth-order valence-corrected chi connectivity index (χ4v) is 3.65. The Balaban J connectivity index is 1.59. The SMILES string of the molecule is Cc1nn(C)c2ncc(C(=O)Nc3nc4ccc(OC(F)(F)F)cc4s3)cc12. The van der Waals surface area contributed by atoms with Crippen molar-refractivity contribution in [1.82, 2.24) is 19.7 Å². The van der Waals surface area contributed by atoms with Crippen molar-refractivity contribution in [2.24, 2.45) is 7.05 Å². The highest BCUT2D eigenvalue weighted by Gasteiger charge is 2.31. The van der Waals surface area contributed by atoms with Crippen LogP contribution in [0.4, 0.5) is 18.3 Å². The molecule has 0 fully saturated rings. The number of nitrogens with one attached hydrogen (secondary N) is 1. The normalized spacial score (nSPS) is 11.9. The smallest absolute Gasteiger partial charge is 0.406 e. The van der Waals surface area contributed by atoms with Gasteiger partial charge in [-0.15, -0.1) is 13.2 Å². The van der Waals surface area contributed by atoms with Crippen LogP contribution in [0, 0.1) is 6.92 Å². The van der Waals surface area contributed by atoms with E-state index in [4.69, 9.17) is 0 Å². The number of fused-ring (bicyclic) bond motifs is 2. The number of halogens is 3. The molecule has 0 aliphatic carbocycles. The van der Waals surface area contributed by atoms with Crippen LogP contribution in [0.15, 0.2) is 30.5 Å². The largest absolute Gasteiger partial charge is 0.573 e. The predicted octanol–water partition coefficient (Wildman–Crippen LogP) is 4.04. The number of rotatable bonds is 3. The number of hydrogen-bond donors (Lipinski definition) is 1. The lowest BCUT2D eigenvalue weighted by molar-refractivity contribution is -0.274. The topological polar surface area (TPSA) is 81.9 Å². The third-order valence-electron chi connectivity index (χ3n) is 3.94. The zero-order chi connectivity index (χ0) is 20.1. The monoisotopic (exact) mass is 407 g/mol. The first-order valence-corrected chi connectivity index (χ1v) is 8.78. The van der Waals surface area contributed by atoms with Crippen LogP contribution in [-0.4, -0.2) is 32.0 Å². The molecule has 4 rings (SSSR count). The van der Waals surface area contributed by atoms with Crippen LogP contribution in [0.2, 0.25) is 0 Å². The summed E-state index contributed by atoms with van der Waals surface area (Å²) < 4.78 is 43.0. The maximum atomic E-state index is 12.5. The molecular formula is C17H12F3N5O2S. The van der Waals surface area contributed by atoms with Crippen LogP contribution < -0.4 is 10.1 Å². The molecule has 4 aromatic rings. The summed E-state index contributed by atoms with van der Waals surface area (Å²) in [4.78, 5) is 21.0. The molecule has 3 aromatic heterocycles. The van der Waals surface area contributed by atoms with E-state index >= 15 is 0 Å². The van der Waals surface area contributed by atoms with Crippen molar-refractivity contribution in [3.8, 4) is 5.75 Å². The van der Waals surface area contributed by atoms with E-state index in [1.807, 2.05) is 6.92 Å². The minimum atomic E-state index is -4.77. The highest BCUT2D eigenvalue weighted by Crippen LogP contribution is 2.31. The number of nitrogens with zero attached hydrogens (tertiary/aromatic N) is 4. The molecule has 0 spiro atoms. The first-order chi connectivity index (χ1) is 13.2. The van der Waals surface area contributed by atoms with E-state index in [1.54, 1.807) is 17.8 Å². The Labute approximate surface area is 159 Å². The summed E-state index contributed by atoms with van der Waals surface area (Å²) in [5, 5.41) is 7.92. The molecule has 0 unspecified atom stereocenters. The van der Waals surface area contributed by atoms with Crippen LogP contribution in [0.25, 0.3) is 21.3 Å². The molecule has 1 N–H and O–H groups in total. The van der Waals surface area contributed by atoms with E-state index < -0.39 is 12.3 Å². The zero-order valence-corrected chi connectivity index (χ0v) is 15.4. The van der Waals surface area contributed by atoms with Crippen molar-refractivity contribution < 1.29 is 22.7 Å². The highest BCUT2D eigenvalue weighted by molar-refractivity contribution is 7.22. The lowest BCUT2D eigenvalue weighted by Crippen LogP contribution is -2.16. The van der Waals surface area contributed by atoms with Crippen LogP contribution in [0.1, 0.15) is 16.1 Å². The minimum Gasteiger partial charge on any atom is -0.406 e. The molecule has 7 nitrogen and oxygen atoms in total. The number of ether oxygens (including phenoxy) is 1. The van der Waals surface area contributed by atoms with Gasteiger partial charge in [-0.25, -0.2) is 9.97 Å². The number of aryl methyl sites for hydroxylation is 2. The number of alkyl halides is 3. The summed E-state index contributed by atoms with van der Waals surface area (Å²) in [5.74, 6) is -0.772. The summed E-state index contributed by atoms with van der Waals surface area (Å²) in [7, 11) is 1.76. The molecule has 0 aliphatic rings. The number of pyridine rings is 1. The Hall–Kier alpha value is -3.21. The predicted molar refractivity (Wildman–Crippen MR) is 97.5 cm³/mol. The van der Waals surface area contributed by atoms with Gasteiger partial charge in [-0.1, -0.05) is 11.3 Å². The quantitative estimate of drug-likeness (QED) is 0.554. The molecular weight excluding hydrogens is 395 g/mol. The van der Waals surface area contributed by atoms with Crippen molar-refractivity contribution in [3.63, 3.8) is 0 Å². The zero-order valence-electron chi connectivity index (χ0n) is 14.5. The maximum absolute atomic E-state index is 12.5. The van der Waals surface area contributed by atoms with Crippen molar-refractivity contribution in [2.75, 3.05) is 5.32 Å². The number of carbonyl (C=O) groups is 1. The first-order valence-electron chi connectivity index (χ1n) is 7.97. The minimum absolute atomic E-state index is 0.257. The molecule has 0 saturated carbocycles. The molecule has 1 amide bonds.